The minimum absolute atomic E-state index is 0.0244. The predicted octanol–water partition coefficient (Wildman–Crippen LogP) is 4.14. The summed E-state index contributed by atoms with van der Waals surface area (Å²) < 4.78 is 0. The maximum absolute atomic E-state index is 12.5. The average molecular weight is 455 g/mol. The lowest BCUT2D eigenvalue weighted by Crippen LogP contribution is -2.47. The number of amides is 2. The van der Waals surface area contributed by atoms with Crippen molar-refractivity contribution in [2.45, 2.75) is 19.8 Å². The molecule has 3 aromatic rings. The Morgan fingerprint density at radius 1 is 1.26 bits per heavy atom. The fourth-order valence-electron chi connectivity index (χ4n) is 3.46. The van der Waals surface area contributed by atoms with Crippen LogP contribution < -0.4 is 15.5 Å². The van der Waals surface area contributed by atoms with Crippen LogP contribution in [-0.4, -0.2) is 36.4 Å². The van der Waals surface area contributed by atoms with E-state index in [1.54, 1.807) is 12.1 Å². The molecule has 0 radical (unpaired) electrons. The SMILES string of the molecule is CCc1ccc(-c2nc(CC(=O)Nc3ccc(N4CCNC(=O)C4)c(Cl)c3)cs2)cc1. The second-order valence-corrected chi connectivity index (χ2v) is 8.62. The number of aryl methyl sites for hydroxylation is 1. The number of hydrogen-bond acceptors (Lipinski definition) is 5. The number of carbonyl (C=O) groups excluding carboxylic acids is 2. The first kappa shape index (κ1) is 21.3. The van der Waals surface area contributed by atoms with Gasteiger partial charge in [0.1, 0.15) is 5.01 Å². The number of aromatic nitrogens is 1. The zero-order valence-corrected chi connectivity index (χ0v) is 18.7. The van der Waals surface area contributed by atoms with Crippen molar-refractivity contribution in [2.75, 3.05) is 29.9 Å². The molecule has 0 saturated carbocycles. The number of nitrogens with one attached hydrogen (secondary N) is 2. The van der Waals surface area contributed by atoms with Crippen LogP contribution in [0.4, 0.5) is 11.4 Å². The molecule has 2 aromatic carbocycles. The number of rotatable bonds is 6. The molecule has 1 aliphatic rings. The van der Waals surface area contributed by atoms with E-state index in [1.807, 2.05) is 16.3 Å². The van der Waals surface area contributed by atoms with Gasteiger partial charge in [-0.1, -0.05) is 42.8 Å². The van der Waals surface area contributed by atoms with Gasteiger partial charge in [0, 0.05) is 29.7 Å². The van der Waals surface area contributed by atoms with Crippen LogP contribution in [0.15, 0.2) is 47.8 Å². The summed E-state index contributed by atoms with van der Waals surface area (Å²) >= 11 is 7.95. The number of halogens is 1. The molecule has 8 heteroatoms. The fourth-order valence-corrected chi connectivity index (χ4v) is 4.58. The Kier molecular flexibility index (Phi) is 6.53. The topological polar surface area (TPSA) is 74.3 Å². The lowest BCUT2D eigenvalue weighted by Gasteiger charge is -2.29. The molecule has 2 N–H and O–H groups in total. The number of piperazine rings is 1. The van der Waals surface area contributed by atoms with Gasteiger partial charge in [0.15, 0.2) is 0 Å². The first-order valence-electron chi connectivity index (χ1n) is 10.2. The molecule has 0 aliphatic carbocycles. The summed E-state index contributed by atoms with van der Waals surface area (Å²) in [6.45, 7) is 3.69. The molecule has 6 nitrogen and oxygen atoms in total. The van der Waals surface area contributed by atoms with E-state index in [2.05, 4.69) is 46.8 Å². The molecule has 31 heavy (non-hydrogen) atoms. The highest BCUT2D eigenvalue weighted by Crippen LogP contribution is 2.29. The van der Waals surface area contributed by atoms with Gasteiger partial charge in [0.2, 0.25) is 11.8 Å². The Bertz CT molecular complexity index is 1100. The summed E-state index contributed by atoms with van der Waals surface area (Å²) in [5, 5.41) is 8.99. The quantitative estimate of drug-likeness (QED) is 0.587. The van der Waals surface area contributed by atoms with Crippen LogP contribution in [-0.2, 0) is 22.4 Å². The molecule has 4 rings (SSSR count). The van der Waals surface area contributed by atoms with Gasteiger partial charge >= 0.3 is 0 Å². The maximum atomic E-state index is 12.5. The van der Waals surface area contributed by atoms with Gasteiger partial charge in [-0.25, -0.2) is 4.98 Å². The van der Waals surface area contributed by atoms with E-state index in [0.29, 0.717) is 23.8 Å². The molecule has 160 valence electrons. The number of thiazole rings is 1. The van der Waals surface area contributed by atoms with Crippen molar-refractivity contribution >= 4 is 46.1 Å². The third-order valence-electron chi connectivity index (χ3n) is 5.11. The largest absolute Gasteiger partial charge is 0.359 e. The van der Waals surface area contributed by atoms with E-state index >= 15 is 0 Å². The van der Waals surface area contributed by atoms with Crippen LogP contribution in [0.5, 0.6) is 0 Å². The zero-order chi connectivity index (χ0) is 21.8. The van der Waals surface area contributed by atoms with Crippen LogP contribution >= 0.6 is 22.9 Å². The normalized spacial score (nSPS) is 13.7. The number of nitrogens with zero attached hydrogens (tertiary/aromatic N) is 2. The third kappa shape index (κ3) is 5.24. The zero-order valence-electron chi connectivity index (χ0n) is 17.2. The summed E-state index contributed by atoms with van der Waals surface area (Å²) in [6, 6.07) is 13.7. The van der Waals surface area contributed by atoms with Crippen molar-refractivity contribution < 1.29 is 9.59 Å². The van der Waals surface area contributed by atoms with Crippen LogP contribution in [0.1, 0.15) is 18.2 Å². The molecule has 1 aliphatic heterocycles. The molecule has 0 bridgehead atoms. The minimum atomic E-state index is -0.153. The van der Waals surface area contributed by atoms with Gasteiger partial charge in [-0.3, -0.25) is 9.59 Å². The summed E-state index contributed by atoms with van der Waals surface area (Å²) in [7, 11) is 0. The van der Waals surface area contributed by atoms with Crippen molar-refractivity contribution in [3.8, 4) is 10.6 Å². The molecule has 1 fully saturated rings. The van der Waals surface area contributed by atoms with E-state index in [0.717, 1.165) is 28.4 Å². The van der Waals surface area contributed by atoms with Crippen LogP contribution in [0.3, 0.4) is 0 Å². The molecular weight excluding hydrogens is 432 g/mol. The smallest absolute Gasteiger partial charge is 0.239 e. The number of anilines is 2. The van der Waals surface area contributed by atoms with Gasteiger partial charge < -0.3 is 15.5 Å². The van der Waals surface area contributed by atoms with Crippen molar-refractivity contribution in [3.63, 3.8) is 0 Å². The van der Waals surface area contributed by atoms with Crippen LogP contribution in [0.25, 0.3) is 10.6 Å². The van der Waals surface area contributed by atoms with Gasteiger partial charge in [0.25, 0.3) is 0 Å². The molecule has 2 amide bonds. The van der Waals surface area contributed by atoms with E-state index in [1.165, 1.54) is 16.9 Å². The van der Waals surface area contributed by atoms with E-state index in [-0.39, 0.29) is 24.8 Å². The standard InChI is InChI=1S/C23H23ClN4O2S/c1-2-15-3-5-16(6-4-15)23-27-18(14-31-23)12-21(29)26-17-7-8-20(19(24)11-17)28-10-9-25-22(30)13-28/h3-8,11,14H,2,9-10,12-13H2,1H3,(H,25,30)(H,26,29). The molecular formula is C23H23ClN4O2S. The number of carbonyl (C=O) groups is 2. The van der Waals surface area contributed by atoms with Crippen LogP contribution in [0, 0.1) is 0 Å². The number of benzene rings is 2. The highest BCUT2D eigenvalue weighted by atomic mass is 35.5. The summed E-state index contributed by atoms with van der Waals surface area (Å²) in [4.78, 5) is 30.6. The first-order chi connectivity index (χ1) is 15.0. The molecule has 0 unspecified atom stereocenters. The molecule has 2 heterocycles. The van der Waals surface area contributed by atoms with Crippen molar-refractivity contribution in [1.29, 1.82) is 0 Å². The predicted molar refractivity (Wildman–Crippen MR) is 126 cm³/mol. The van der Waals surface area contributed by atoms with E-state index < -0.39 is 0 Å². The Morgan fingerprint density at radius 2 is 2.06 bits per heavy atom. The first-order valence-corrected chi connectivity index (χ1v) is 11.4. The molecule has 1 aromatic heterocycles. The maximum Gasteiger partial charge on any atom is 0.239 e. The third-order valence-corrected chi connectivity index (χ3v) is 6.36. The highest BCUT2D eigenvalue weighted by molar-refractivity contribution is 7.13. The van der Waals surface area contributed by atoms with Gasteiger partial charge in [-0.05, 0) is 30.2 Å². The van der Waals surface area contributed by atoms with Crippen molar-refractivity contribution in [2.24, 2.45) is 0 Å². The molecule has 0 atom stereocenters. The van der Waals surface area contributed by atoms with Crippen molar-refractivity contribution in [3.05, 3.63) is 64.1 Å². The van der Waals surface area contributed by atoms with E-state index in [9.17, 15) is 9.59 Å². The Balaban J connectivity index is 1.38. The van der Waals surface area contributed by atoms with Gasteiger partial charge in [-0.15, -0.1) is 11.3 Å². The van der Waals surface area contributed by atoms with Gasteiger partial charge in [-0.2, -0.15) is 0 Å². The fraction of sp³-hybridized carbons (Fsp3) is 0.261. The van der Waals surface area contributed by atoms with E-state index in [4.69, 9.17) is 11.6 Å². The molecule has 0 spiro atoms. The summed E-state index contributed by atoms with van der Waals surface area (Å²) in [6.07, 6.45) is 1.19. The minimum Gasteiger partial charge on any atom is -0.359 e. The Hall–Kier alpha value is -2.90. The monoisotopic (exact) mass is 454 g/mol. The average Bonchev–Trinajstić information content (AvgIpc) is 3.22. The lowest BCUT2D eigenvalue weighted by atomic mass is 10.1. The van der Waals surface area contributed by atoms with Crippen LogP contribution in [0.2, 0.25) is 5.02 Å². The summed E-state index contributed by atoms with van der Waals surface area (Å²) in [5.74, 6) is -0.178. The second-order valence-electron chi connectivity index (χ2n) is 7.36. The molecule has 1 saturated heterocycles. The Morgan fingerprint density at radius 3 is 2.77 bits per heavy atom. The number of hydrogen-bond donors (Lipinski definition) is 2. The van der Waals surface area contributed by atoms with Crippen molar-refractivity contribution in [1.82, 2.24) is 10.3 Å². The Labute approximate surface area is 190 Å². The highest BCUT2D eigenvalue weighted by Gasteiger charge is 2.19. The second kappa shape index (κ2) is 9.49. The lowest BCUT2D eigenvalue weighted by molar-refractivity contribution is -0.120. The van der Waals surface area contributed by atoms with Gasteiger partial charge in [0.05, 0.1) is 29.4 Å². The summed E-state index contributed by atoms with van der Waals surface area (Å²) in [5.41, 5.74) is 4.48.